The fourth-order valence-corrected chi connectivity index (χ4v) is 4.82. The number of rotatable bonds is 1. The van der Waals surface area contributed by atoms with E-state index in [4.69, 9.17) is 16.3 Å². The van der Waals surface area contributed by atoms with Crippen molar-refractivity contribution in [2.75, 3.05) is 0 Å². The maximum Gasteiger partial charge on any atom is 0.206 e. The molecule has 148 valence electrons. The number of nitriles is 1. The van der Waals surface area contributed by atoms with Crippen molar-refractivity contribution in [3.8, 4) is 23.1 Å². The molecule has 3 aromatic rings. The number of hydrogen-bond acceptors (Lipinski definition) is 3. The molecule has 5 rings (SSSR count). The molecule has 0 unspecified atom stereocenters. The lowest BCUT2D eigenvalue weighted by atomic mass is 9.86. The number of benzene rings is 3. The number of aliphatic imine (C=N–C) groups is 1. The van der Waals surface area contributed by atoms with Gasteiger partial charge in [0.25, 0.3) is 0 Å². The summed E-state index contributed by atoms with van der Waals surface area (Å²) in [4.78, 5) is 4.21. The number of nitrogens with zero attached hydrogens (tertiary/aromatic N) is 2. The van der Waals surface area contributed by atoms with Gasteiger partial charge in [-0.2, -0.15) is 10.3 Å². The predicted molar refractivity (Wildman–Crippen MR) is 115 cm³/mol. The molecule has 1 spiro atoms. The first-order valence-corrected chi connectivity index (χ1v) is 10.3. The van der Waals surface area contributed by atoms with E-state index in [0.717, 1.165) is 36.8 Å². The molecule has 0 bridgehead atoms. The van der Waals surface area contributed by atoms with E-state index in [1.165, 1.54) is 23.3 Å². The van der Waals surface area contributed by atoms with Crippen molar-refractivity contribution in [3.05, 3.63) is 88.2 Å². The van der Waals surface area contributed by atoms with Crippen LogP contribution in [0.4, 0.5) is 4.39 Å². The van der Waals surface area contributed by atoms with Crippen molar-refractivity contribution in [2.45, 2.75) is 31.3 Å². The van der Waals surface area contributed by atoms with E-state index in [1.807, 2.05) is 24.4 Å². The first-order valence-electron chi connectivity index (χ1n) is 9.92. The molecular formula is C25H18ClFN2O. The van der Waals surface area contributed by atoms with Crippen molar-refractivity contribution >= 4 is 17.3 Å². The highest BCUT2D eigenvalue weighted by atomic mass is 35.5. The molecule has 1 aliphatic carbocycles. The summed E-state index contributed by atoms with van der Waals surface area (Å²) in [5.74, 6) is 0.319. The van der Waals surface area contributed by atoms with Gasteiger partial charge < -0.3 is 4.74 Å². The van der Waals surface area contributed by atoms with Gasteiger partial charge in [-0.25, -0.2) is 4.39 Å². The monoisotopic (exact) mass is 416 g/mol. The molecule has 0 atom stereocenters. The Morgan fingerprint density at radius 3 is 2.37 bits per heavy atom. The Morgan fingerprint density at radius 2 is 1.70 bits per heavy atom. The van der Waals surface area contributed by atoms with Crippen LogP contribution in [0.2, 0.25) is 5.02 Å². The lowest BCUT2D eigenvalue weighted by Crippen LogP contribution is -2.40. The van der Waals surface area contributed by atoms with Gasteiger partial charge in [-0.1, -0.05) is 41.9 Å². The molecule has 30 heavy (non-hydrogen) atoms. The van der Waals surface area contributed by atoms with Gasteiger partial charge in [-0.3, -0.25) is 0 Å². The van der Waals surface area contributed by atoms with Crippen LogP contribution in [0.5, 0.6) is 5.75 Å². The van der Waals surface area contributed by atoms with Gasteiger partial charge >= 0.3 is 0 Å². The molecule has 3 nitrogen and oxygen atoms in total. The Hall–Kier alpha value is -3.16. The Bertz CT molecular complexity index is 1180. The van der Waals surface area contributed by atoms with Crippen LogP contribution in [-0.2, 0) is 12.8 Å². The van der Waals surface area contributed by atoms with Crippen LogP contribution in [-0.4, -0.2) is 11.3 Å². The molecule has 0 N–H and O–H groups in total. The van der Waals surface area contributed by atoms with Crippen LogP contribution in [0.1, 0.15) is 29.5 Å². The number of ether oxygens (including phenoxy) is 1. The lowest BCUT2D eigenvalue weighted by molar-refractivity contribution is 0.138. The standard InChI is InChI=1S/C25H18ClFN2O/c26-20-11-19(12-21(27)14-20)18-5-6-23-22(13-18)24(29-15-28)25(30-23)9-7-16-3-1-2-4-17(16)8-10-25/h1-6,11-14H,7-10H2/b29-24-. The van der Waals surface area contributed by atoms with Crippen molar-refractivity contribution in [1.29, 1.82) is 5.26 Å². The molecule has 0 aromatic heterocycles. The Morgan fingerprint density at radius 1 is 0.967 bits per heavy atom. The third-order valence-electron chi connectivity index (χ3n) is 6.04. The van der Waals surface area contributed by atoms with Gasteiger partial charge in [0.2, 0.25) is 6.19 Å². The minimum Gasteiger partial charge on any atom is -0.480 e. The van der Waals surface area contributed by atoms with Crippen LogP contribution in [0.3, 0.4) is 0 Å². The SMILES string of the molecule is N#C/N=C1/c2cc(-c3cc(F)cc(Cl)c3)ccc2OC12CCc1ccccc1CC2. The maximum absolute atomic E-state index is 13.9. The first kappa shape index (κ1) is 18.8. The van der Waals surface area contributed by atoms with Crippen LogP contribution >= 0.6 is 11.6 Å². The summed E-state index contributed by atoms with van der Waals surface area (Å²) in [5.41, 5.74) is 4.94. The van der Waals surface area contributed by atoms with Crippen LogP contribution < -0.4 is 4.74 Å². The second-order valence-electron chi connectivity index (χ2n) is 7.79. The van der Waals surface area contributed by atoms with E-state index in [-0.39, 0.29) is 0 Å². The molecule has 0 radical (unpaired) electrons. The molecule has 0 saturated heterocycles. The number of hydrogen-bond donors (Lipinski definition) is 0. The van der Waals surface area contributed by atoms with Gasteiger partial charge in [0, 0.05) is 10.6 Å². The van der Waals surface area contributed by atoms with E-state index in [1.54, 1.807) is 6.07 Å². The third-order valence-corrected chi connectivity index (χ3v) is 6.26. The normalized spacial score (nSPS) is 17.7. The quantitative estimate of drug-likeness (QED) is 0.448. The van der Waals surface area contributed by atoms with Crippen LogP contribution in [0.25, 0.3) is 11.1 Å². The minimum absolute atomic E-state index is 0.339. The Balaban J connectivity index is 1.57. The van der Waals surface area contributed by atoms with E-state index in [0.29, 0.717) is 22.0 Å². The molecular weight excluding hydrogens is 399 g/mol. The highest BCUT2D eigenvalue weighted by molar-refractivity contribution is 6.30. The second-order valence-corrected chi connectivity index (χ2v) is 8.23. The summed E-state index contributed by atoms with van der Waals surface area (Å²) in [5, 5.41) is 9.75. The van der Waals surface area contributed by atoms with Crippen molar-refractivity contribution in [3.63, 3.8) is 0 Å². The lowest BCUT2D eigenvalue weighted by Gasteiger charge is -2.27. The second kappa shape index (κ2) is 7.27. The van der Waals surface area contributed by atoms with E-state index in [2.05, 4.69) is 29.3 Å². The van der Waals surface area contributed by atoms with E-state index >= 15 is 0 Å². The molecule has 1 aliphatic heterocycles. The van der Waals surface area contributed by atoms with E-state index in [9.17, 15) is 9.65 Å². The summed E-state index contributed by atoms with van der Waals surface area (Å²) in [6, 6.07) is 18.6. The fourth-order valence-electron chi connectivity index (χ4n) is 4.60. The highest BCUT2D eigenvalue weighted by Gasteiger charge is 2.46. The van der Waals surface area contributed by atoms with Crippen molar-refractivity contribution in [2.24, 2.45) is 4.99 Å². The smallest absolute Gasteiger partial charge is 0.206 e. The van der Waals surface area contributed by atoms with Crippen molar-refractivity contribution in [1.82, 2.24) is 0 Å². The number of fused-ring (bicyclic) bond motifs is 2. The molecule has 5 heteroatoms. The molecule has 0 saturated carbocycles. The summed E-state index contributed by atoms with van der Waals surface area (Å²) in [6.07, 6.45) is 5.19. The third kappa shape index (κ3) is 3.16. The maximum atomic E-state index is 13.9. The first-order chi connectivity index (χ1) is 14.6. The number of halogens is 2. The molecule has 2 aliphatic rings. The zero-order chi connectivity index (χ0) is 20.7. The summed E-state index contributed by atoms with van der Waals surface area (Å²) < 4.78 is 20.3. The summed E-state index contributed by atoms with van der Waals surface area (Å²) in [6.45, 7) is 0. The zero-order valence-corrected chi connectivity index (χ0v) is 16.9. The molecule has 0 fully saturated rings. The molecule has 3 aromatic carbocycles. The summed E-state index contributed by atoms with van der Waals surface area (Å²) >= 11 is 6.04. The van der Waals surface area contributed by atoms with Gasteiger partial charge in [0.05, 0.1) is 0 Å². The summed E-state index contributed by atoms with van der Waals surface area (Å²) in [7, 11) is 0. The largest absolute Gasteiger partial charge is 0.480 e. The average molecular weight is 417 g/mol. The van der Waals surface area contributed by atoms with Gasteiger partial charge in [0.1, 0.15) is 17.3 Å². The van der Waals surface area contributed by atoms with Gasteiger partial charge in [-0.15, -0.1) is 0 Å². The average Bonchev–Trinajstić information content (AvgIpc) is 2.90. The van der Waals surface area contributed by atoms with Crippen molar-refractivity contribution < 1.29 is 9.13 Å². The Kier molecular flexibility index (Phi) is 4.56. The van der Waals surface area contributed by atoms with Gasteiger partial charge in [-0.05, 0) is 78.3 Å². The zero-order valence-electron chi connectivity index (χ0n) is 16.2. The Labute approximate surface area is 179 Å². The van der Waals surface area contributed by atoms with Crippen LogP contribution in [0.15, 0.2) is 65.7 Å². The number of aryl methyl sites for hydroxylation is 2. The van der Waals surface area contributed by atoms with Crippen LogP contribution in [0, 0.1) is 17.3 Å². The highest BCUT2D eigenvalue weighted by Crippen LogP contribution is 2.44. The minimum atomic E-state index is -0.630. The fraction of sp³-hybridized carbons (Fsp3) is 0.200. The topological polar surface area (TPSA) is 45.4 Å². The van der Waals surface area contributed by atoms with Gasteiger partial charge in [0.15, 0.2) is 5.60 Å². The molecule has 0 amide bonds. The van der Waals surface area contributed by atoms with E-state index < -0.39 is 11.4 Å². The predicted octanol–water partition coefficient (Wildman–Crippen LogP) is 6.13. The molecule has 1 heterocycles.